The molecular formula is C95H104Mo4N12O16. The fraction of sp³-hybridized carbons (Fsp3) is 0.211. The van der Waals surface area contributed by atoms with Crippen LogP contribution in [0, 0.1) is 0 Å². The first-order valence-electron chi connectivity index (χ1n) is 38.0. The molecule has 127 heavy (non-hydrogen) atoms. The fourth-order valence-electron chi connectivity index (χ4n) is 9.67. The van der Waals surface area contributed by atoms with Crippen LogP contribution in [0.4, 0.5) is 68.2 Å². The van der Waals surface area contributed by atoms with E-state index in [-0.39, 0.29) is 84.3 Å². The summed E-state index contributed by atoms with van der Waals surface area (Å²) in [6.45, 7) is 2.41. The molecule has 32 heteroatoms. The Morgan fingerprint density at radius 2 is 0.252 bits per heavy atom. The van der Waals surface area contributed by atoms with Crippen LogP contribution < -0.4 is 56.8 Å². The predicted molar refractivity (Wildman–Crippen MR) is 490 cm³/mol. The van der Waals surface area contributed by atoms with Crippen molar-refractivity contribution in [2.24, 2.45) is 0 Å². The molecule has 0 saturated carbocycles. The van der Waals surface area contributed by atoms with Gasteiger partial charge in [0.1, 0.15) is 69.0 Å². The van der Waals surface area contributed by atoms with Crippen molar-refractivity contribution in [3.05, 3.63) is 373 Å². The van der Waals surface area contributed by atoms with Crippen molar-refractivity contribution in [3.8, 4) is 69.0 Å². The van der Waals surface area contributed by atoms with Crippen molar-refractivity contribution in [1.82, 2.24) is 0 Å². The molecule has 12 rings (SSSR count). The minimum absolute atomic E-state index is 0. The summed E-state index contributed by atoms with van der Waals surface area (Å²) in [5, 5.41) is 84.9. The second-order valence-electron chi connectivity index (χ2n) is 24.4. The summed E-state index contributed by atoms with van der Waals surface area (Å²) in [7, 11) is 19.7. The van der Waals surface area contributed by atoms with Crippen molar-refractivity contribution >= 4 is 68.2 Å². The van der Waals surface area contributed by atoms with E-state index in [1.54, 1.807) is 85.3 Å². The summed E-state index contributed by atoms with van der Waals surface area (Å²) in [4.78, 5) is 0. The first-order chi connectivity index (χ1) is 60.0. The monoisotopic (exact) mass is 2060 g/mol. The molecule has 0 heterocycles. The zero-order valence-corrected chi connectivity index (χ0v) is 80.5. The molecule has 0 aromatic heterocycles. The number of hydrogen-bond donors (Lipinski definition) is 4. The molecule has 0 unspecified atom stereocenters. The van der Waals surface area contributed by atoms with Crippen LogP contribution in [0.1, 0.15) is 0 Å². The summed E-state index contributed by atoms with van der Waals surface area (Å²) in [6.07, 6.45) is -1.45. The van der Waals surface area contributed by atoms with Gasteiger partial charge in [0.05, 0.1) is 85.3 Å². The van der Waals surface area contributed by atoms with Gasteiger partial charge in [-0.15, -0.1) is 74.0 Å². The number of ether oxygens (including phenoxy) is 12. The molecule has 0 aliphatic heterocycles. The number of benzene rings is 12. The topological polar surface area (TPSA) is 361 Å². The zero-order chi connectivity index (χ0) is 88.3. The Bertz CT molecular complexity index is 3760. The van der Waals surface area contributed by atoms with E-state index in [0.717, 1.165) is 149 Å². The van der Waals surface area contributed by atoms with Gasteiger partial charge in [-0.1, -0.05) is 146 Å². The Kier molecular flexibility index (Phi) is 58.9. The second kappa shape index (κ2) is 67.3. The summed E-state index contributed by atoms with van der Waals surface area (Å²) < 4.78 is 61.1. The molecule has 0 saturated heterocycles. The molecule has 4 radical (unpaired) electrons. The number of rotatable bonds is 38. The molecule has 0 fully saturated rings. The minimum Gasteiger partial charge on any atom is -0.699 e. The Hall–Kier alpha value is -12.0. The third-order valence-corrected chi connectivity index (χ3v) is 16.4. The summed E-state index contributed by atoms with van der Waals surface area (Å²) in [5.41, 5.74) is 12.8. The van der Waals surface area contributed by atoms with E-state index in [1.807, 2.05) is 291 Å². The minimum atomic E-state index is -1.60. The van der Waals surface area contributed by atoms with Crippen LogP contribution in [0.2, 0.25) is 0 Å². The van der Waals surface area contributed by atoms with Gasteiger partial charge in [0.2, 0.25) is 0 Å². The molecule has 4 N–H and O–H groups in total. The van der Waals surface area contributed by atoms with Crippen LogP contribution in [0.5, 0.6) is 69.0 Å². The number of aliphatic hydroxyl groups excluding tert-OH is 2. The Labute approximate surface area is 803 Å². The van der Waals surface area contributed by atoms with Gasteiger partial charge in [0.15, 0.2) is 12.6 Å². The SMILES string of the molecule is COc1ccc([N-]C[N-]c2ccc(OC)cc2)cc1.COc1ccc([N-]C[N-]c2ccc(OC)cc2)cc1.COc1ccc([N-]C[N-]c2ccc(OC)cc2)cc1.COc1ccc([N-]C[N-]c2ccc(OC)cc2)cc1.COc1ccc([N-]C[N-]c2ccc(OC)cc2)cc1.COc1ccc([N-]C[N-]c2ccc(OC)cc2)cc1.OC(O)C=C=CC(O)O.[Mo+3].[Mo+3].[Mo+3].[Mo+3]. The second-order valence-corrected chi connectivity index (χ2v) is 24.4. The van der Waals surface area contributed by atoms with Crippen molar-refractivity contribution in [2.75, 3.05) is 125 Å². The summed E-state index contributed by atoms with van der Waals surface area (Å²) in [6, 6.07) is 90.9. The quantitative estimate of drug-likeness (QED) is 0.0159. The maximum absolute atomic E-state index is 8.12. The molecule has 12 aromatic carbocycles. The van der Waals surface area contributed by atoms with E-state index >= 15 is 0 Å². The van der Waals surface area contributed by atoms with Gasteiger partial charge in [-0.05, 0) is 146 Å². The number of hydrogen-bond acceptors (Lipinski definition) is 16. The third kappa shape index (κ3) is 47.2. The van der Waals surface area contributed by atoms with Crippen LogP contribution in [0.3, 0.4) is 0 Å². The van der Waals surface area contributed by atoms with E-state index in [4.69, 9.17) is 77.3 Å². The standard InChI is InChI=1S/6C15H16N2O2.C5H8O4.4Mo/c6*1-18-14-7-3-12(4-8-14)16-11-17-13-5-9-15(19-2)10-6-13;6-4(7)2-1-3-5(8)9;;;;/h6*3-10H,11H2,1-2H3;2-9H;;;;/q6*-2;;4*+3. The van der Waals surface area contributed by atoms with E-state index in [2.05, 4.69) is 69.5 Å². The number of methoxy groups -OCH3 is 12. The van der Waals surface area contributed by atoms with Gasteiger partial charge in [-0.3, -0.25) is 0 Å². The molecule has 0 bridgehead atoms. The normalized spacial score (nSPS) is 9.46. The van der Waals surface area contributed by atoms with Gasteiger partial charge in [-0.2, -0.15) is 0 Å². The Morgan fingerprint density at radius 1 is 0.173 bits per heavy atom. The average molecular weight is 2050 g/mol. The van der Waals surface area contributed by atoms with Crippen molar-refractivity contribution in [1.29, 1.82) is 0 Å². The fourth-order valence-corrected chi connectivity index (χ4v) is 9.67. The smallest absolute Gasteiger partial charge is 0.699 e. The molecule has 12 aromatic rings. The first kappa shape index (κ1) is 111. The summed E-state index contributed by atoms with van der Waals surface area (Å²) >= 11 is 0. The third-order valence-electron chi connectivity index (χ3n) is 16.4. The van der Waals surface area contributed by atoms with Crippen molar-refractivity contribution in [2.45, 2.75) is 12.6 Å². The van der Waals surface area contributed by atoms with Crippen LogP contribution in [-0.4, -0.2) is 158 Å². The maximum atomic E-state index is 8.12. The molecule has 0 aliphatic rings. The van der Waals surface area contributed by atoms with Crippen LogP contribution in [0.25, 0.3) is 63.8 Å². The molecule has 0 amide bonds. The predicted octanol–water partition coefficient (Wildman–Crippen LogP) is 24.5. The van der Waals surface area contributed by atoms with Crippen LogP contribution in [-0.2, 0) is 84.3 Å². The summed E-state index contributed by atoms with van der Waals surface area (Å²) in [5.74, 6) is 9.90. The van der Waals surface area contributed by atoms with E-state index < -0.39 is 12.6 Å². The largest absolute Gasteiger partial charge is 3.00 e. The van der Waals surface area contributed by atoms with Gasteiger partial charge >= 0.3 is 84.3 Å². The zero-order valence-electron chi connectivity index (χ0n) is 72.5. The molecular weight excluding hydrogens is 1950 g/mol. The van der Waals surface area contributed by atoms with Gasteiger partial charge in [0.25, 0.3) is 0 Å². The van der Waals surface area contributed by atoms with E-state index in [0.29, 0.717) is 40.0 Å². The molecule has 0 aliphatic carbocycles. The average Bonchev–Trinajstić information content (AvgIpc) is 0.914. The first-order valence-corrected chi connectivity index (χ1v) is 38.0. The van der Waals surface area contributed by atoms with Crippen molar-refractivity contribution < 1.29 is 162 Å². The van der Waals surface area contributed by atoms with Gasteiger partial charge in [-0.25, -0.2) is 40.0 Å². The van der Waals surface area contributed by atoms with Gasteiger partial charge in [0, 0.05) is 12.2 Å². The van der Waals surface area contributed by atoms with Crippen molar-refractivity contribution in [3.63, 3.8) is 0 Å². The molecule has 0 spiro atoms. The number of aliphatic hydroxyl groups is 4. The maximum Gasteiger partial charge on any atom is 3.00 e. The Balaban J connectivity index is 0.000000503. The van der Waals surface area contributed by atoms with E-state index in [1.165, 1.54) is 0 Å². The van der Waals surface area contributed by atoms with E-state index in [9.17, 15) is 0 Å². The number of nitrogens with zero attached hydrogens (tertiary/aromatic N) is 12. The van der Waals surface area contributed by atoms with Crippen LogP contribution in [0.15, 0.2) is 309 Å². The molecule has 28 nitrogen and oxygen atoms in total. The van der Waals surface area contributed by atoms with Gasteiger partial charge < -0.3 is 141 Å². The Morgan fingerprint density at radius 3 is 0.315 bits per heavy atom. The van der Waals surface area contributed by atoms with Crippen LogP contribution >= 0.6 is 0 Å². The molecule has 664 valence electrons. The molecule has 0 atom stereocenters.